The molecule has 9 heteroatoms. The molecule has 3 aliphatic rings. The monoisotopic (exact) mass is 496 g/mol. The van der Waals surface area contributed by atoms with Crippen LogP contribution in [0.4, 0.5) is 0 Å². The number of fused-ring (bicyclic) bond motifs is 1. The van der Waals surface area contributed by atoms with Crippen molar-refractivity contribution in [1.82, 2.24) is 15.2 Å². The fourth-order valence-corrected chi connectivity index (χ4v) is 6.25. The zero-order valence-corrected chi connectivity index (χ0v) is 20.5. The molecule has 1 saturated heterocycles. The first-order valence-electron chi connectivity index (χ1n) is 12.2. The Balaban J connectivity index is 1.37. The van der Waals surface area contributed by atoms with E-state index in [2.05, 4.69) is 16.4 Å². The van der Waals surface area contributed by atoms with E-state index in [9.17, 15) is 19.6 Å². The molecular formula is C26H29ClN4O4. The Morgan fingerprint density at radius 3 is 2.80 bits per heavy atom. The first kappa shape index (κ1) is 23.7. The maximum Gasteiger partial charge on any atom is 0.271 e. The quantitative estimate of drug-likeness (QED) is 0.627. The number of ether oxygens (including phenoxy) is 1. The highest BCUT2D eigenvalue weighted by Gasteiger charge is 2.52. The number of halogens is 1. The zero-order chi connectivity index (χ0) is 24.7. The fourth-order valence-electron chi connectivity index (χ4n) is 5.95. The number of aromatic amines is 1. The molecule has 3 fully saturated rings. The number of nitrogens with one attached hydrogen (secondary N) is 2. The molecule has 3 unspecified atom stereocenters. The van der Waals surface area contributed by atoms with Crippen molar-refractivity contribution in [2.24, 2.45) is 11.3 Å². The van der Waals surface area contributed by atoms with Gasteiger partial charge in [0.25, 0.3) is 5.91 Å². The number of hydrogen-bond donors (Lipinski definition) is 2. The topological polar surface area (TPSA) is 115 Å². The first-order valence-corrected chi connectivity index (χ1v) is 12.6. The largest absolute Gasteiger partial charge is 0.495 e. The summed E-state index contributed by atoms with van der Waals surface area (Å²) in [6, 6.07) is 5.98. The van der Waals surface area contributed by atoms with Gasteiger partial charge in [-0.3, -0.25) is 14.4 Å². The van der Waals surface area contributed by atoms with E-state index in [-0.39, 0.29) is 28.9 Å². The summed E-state index contributed by atoms with van der Waals surface area (Å²) in [5.74, 6) is -0.0751. The van der Waals surface area contributed by atoms with Gasteiger partial charge in [-0.1, -0.05) is 18.0 Å². The standard InChI is InChI=1S/C26H29ClN4O4/c1-35-22-7-6-18-17(23(22)27)11-19(30-18)25(34)31-14-26(8-3-9-26)12-20(31)24(33)29-16(13-28)10-15-4-2-5-21(15)32/h6-7,11,15-16,20,30H,2-5,8-10,12,14H2,1H3,(H,29,33). The van der Waals surface area contributed by atoms with Crippen molar-refractivity contribution in [1.29, 1.82) is 5.26 Å². The number of nitriles is 1. The van der Waals surface area contributed by atoms with E-state index < -0.39 is 12.1 Å². The van der Waals surface area contributed by atoms with Crippen LogP contribution < -0.4 is 10.1 Å². The molecule has 35 heavy (non-hydrogen) atoms. The van der Waals surface area contributed by atoms with E-state index in [1.165, 1.54) is 7.11 Å². The number of rotatable bonds is 6. The van der Waals surface area contributed by atoms with Gasteiger partial charge in [0.1, 0.15) is 29.3 Å². The average molecular weight is 497 g/mol. The summed E-state index contributed by atoms with van der Waals surface area (Å²) in [6.45, 7) is 0.509. The van der Waals surface area contributed by atoms with Crippen molar-refractivity contribution in [2.75, 3.05) is 13.7 Å². The van der Waals surface area contributed by atoms with Crippen LogP contribution in [-0.2, 0) is 9.59 Å². The summed E-state index contributed by atoms with van der Waals surface area (Å²) in [5, 5.41) is 13.6. The summed E-state index contributed by atoms with van der Waals surface area (Å²) in [5.41, 5.74) is 1.02. The van der Waals surface area contributed by atoms with Crippen LogP contribution in [-0.4, -0.2) is 53.2 Å². The van der Waals surface area contributed by atoms with Gasteiger partial charge < -0.3 is 19.9 Å². The minimum absolute atomic E-state index is 0.0475. The summed E-state index contributed by atoms with van der Waals surface area (Å²) in [7, 11) is 1.54. The smallest absolute Gasteiger partial charge is 0.271 e. The van der Waals surface area contributed by atoms with Crippen LogP contribution in [0.1, 0.15) is 61.9 Å². The van der Waals surface area contributed by atoms with E-state index in [0.717, 1.165) is 32.1 Å². The Bertz CT molecular complexity index is 1230. The fraction of sp³-hybridized carbons (Fsp3) is 0.538. The first-order chi connectivity index (χ1) is 16.8. The van der Waals surface area contributed by atoms with E-state index in [1.54, 1.807) is 23.1 Å². The maximum atomic E-state index is 13.6. The van der Waals surface area contributed by atoms with Gasteiger partial charge in [-0.2, -0.15) is 5.26 Å². The molecule has 2 heterocycles. The molecule has 2 amide bonds. The van der Waals surface area contributed by atoms with Gasteiger partial charge in [0, 0.05) is 29.8 Å². The average Bonchev–Trinajstić information content (AvgIpc) is 3.55. The molecule has 2 aromatic rings. The second-order valence-electron chi connectivity index (χ2n) is 10.2. The molecule has 1 aromatic carbocycles. The van der Waals surface area contributed by atoms with Gasteiger partial charge in [0.15, 0.2) is 0 Å². The van der Waals surface area contributed by atoms with Crippen LogP contribution in [0, 0.1) is 22.7 Å². The van der Waals surface area contributed by atoms with Crippen molar-refractivity contribution >= 4 is 40.1 Å². The zero-order valence-electron chi connectivity index (χ0n) is 19.7. The van der Waals surface area contributed by atoms with Crippen LogP contribution >= 0.6 is 11.6 Å². The van der Waals surface area contributed by atoms with Crippen molar-refractivity contribution in [2.45, 2.75) is 63.5 Å². The third-order valence-corrected chi connectivity index (χ3v) is 8.45. The van der Waals surface area contributed by atoms with Gasteiger partial charge >= 0.3 is 0 Å². The second kappa shape index (κ2) is 9.19. The molecule has 184 valence electrons. The Labute approximate surface area is 208 Å². The number of amides is 2. The number of likely N-dealkylation sites (tertiary alicyclic amines) is 1. The molecule has 1 aliphatic heterocycles. The van der Waals surface area contributed by atoms with Crippen LogP contribution in [0.15, 0.2) is 18.2 Å². The number of carbonyl (C=O) groups is 3. The van der Waals surface area contributed by atoms with E-state index in [0.29, 0.717) is 53.2 Å². The van der Waals surface area contributed by atoms with Crippen molar-refractivity contribution in [3.8, 4) is 11.8 Å². The summed E-state index contributed by atoms with van der Waals surface area (Å²) in [6.07, 6.45) is 6.10. The molecule has 0 bridgehead atoms. The van der Waals surface area contributed by atoms with Crippen LogP contribution in [0.2, 0.25) is 5.02 Å². The number of ketones is 1. The highest BCUT2D eigenvalue weighted by Crippen LogP contribution is 2.50. The lowest BCUT2D eigenvalue weighted by Crippen LogP contribution is -2.49. The summed E-state index contributed by atoms with van der Waals surface area (Å²) < 4.78 is 5.28. The predicted molar refractivity (Wildman–Crippen MR) is 130 cm³/mol. The normalized spacial score (nSPS) is 23.8. The van der Waals surface area contributed by atoms with Crippen LogP contribution in [0.3, 0.4) is 0 Å². The SMILES string of the molecule is COc1ccc2[nH]c(C(=O)N3CC4(CCC4)CC3C(=O)NC(C#N)CC3CCCC3=O)cc2c1Cl. The lowest BCUT2D eigenvalue weighted by atomic mass is 9.67. The van der Waals surface area contributed by atoms with Gasteiger partial charge in [-0.05, 0) is 62.1 Å². The summed E-state index contributed by atoms with van der Waals surface area (Å²) >= 11 is 6.44. The van der Waals surface area contributed by atoms with Gasteiger partial charge in [-0.25, -0.2) is 0 Å². The molecular weight excluding hydrogens is 468 g/mol. The number of nitrogens with zero attached hydrogens (tertiary/aromatic N) is 2. The second-order valence-corrected chi connectivity index (χ2v) is 10.6. The molecule has 5 rings (SSSR count). The molecule has 0 radical (unpaired) electrons. The number of aromatic nitrogens is 1. The molecule has 1 aromatic heterocycles. The Kier molecular flexibility index (Phi) is 6.22. The lowest BCUT2D eigenvalue weighted by Gasteiger charge is -2.37. The number of benzene rings is 1. The minimum atomic E-state index is -0.746. The minimum Gasteiger partial charge on any atom is -0.495 e. The third-order valence-electron chi connectivity index (χ3n) is 8.06. The number of H-pyrrole nitrogens is 1. The number of methoxy groups -OCH3 is 1. The van der Waals surface area contributed by atoms with Gasteiger partial charge in [0.05, 0.1) is 18.2 Å². The molecule has 2 N–H and O–H groups in total. The predicted octanol–water partition coefficient (Wildman–Crippen LogP) is 3.98. The molecule has 2 saturated carbocycles. The third kappa shape index (κ3) is 4.27. The Hall–Kier alpha value is -3.05. The van der Waals surface area contributed by atoms with Gasteiger partial charge in [-0.15, -0.1) is 0 Å². The van der Waals surface area contributed by atoms with Crippen molar-refractivity contribution in [3.63, 3.8) is 0 Å². The lowest BCUT2D eigenvalue weighted by molar-refractivity contribution is -0.126. The molecule has 1 spiro atoms. The van der Waals surface area contributed by atoms with Crippen LogP contribution in [0.5, 0.6) is 5.75 Å². The van der Waals surface area contributed by atoms with Crippen molar-refractivity contribution in [3.05, 3.63) is 28.9 Å². The molecule has 3 atom stereocenters. The molecule has 2 aliphatic carbocycles. The number of Topliss-reactive ketones (excluding diaryl/α,β-unsaturated/α-hetero) is 1. The Morgan fingerprint density at radius 2 is 2.17 bits per heavy atom. The number of carbonyl (C=O) groups excluding carboxylic acids is 3. The maximum absolute atomic E-state index is 13.6. The van der Waals surface area contributed by atoms with Crippen LogP contribution in [0.25, 0.3) is 10.9 Å². The van der Waals surface area contributed by atoms with Gasteiger partial charge in [0.2, 0.25) is 5.91 Å². The van der Waals surface area contributed by atoms with E-state index in [1.807, 2.05) is 0 Å². The Morgan fingerprint density at radius 1 is 1.37 bits per heavy atom. The highest BCUT2D eigenvalue weighted by atomic mass is 35.5. The van der Waals surface area contributed by atoms with E-state index >= 15 is 0 Å². The van der Waals surface area contributed by atoms with Crippen molar-refractivity contribution < 1.29 is 19.1 Å². The molecule has 8 nitrogen and oxygen atoms in total. The van der Waals surface area contributed by atoms with E-state index in [4.69, 9.17) is 16.3 Å². The summed E-state index contributed by atoms with van der Waals surface area (Å²) in [4.78, 5) is 43.8. The number of hydrogen-bond acceptors (Lipinski definition) is 5. The highest BCUT2D eigenvalue weighted by molar-refractivity contribution is 6.37.